The molecule has 19 heavy (non-hydrogen) atoms. The minimum Gasteiger partial charge on any atom is -0.381 e. The third kappa shape index (κ3) is 3.41. The summed E-state index contributed by atoms with van der Waals surface area (Å²) in [5, 5.41) is 13.4. The van der Waals surface area contributed by atoms with Gasteiger partial charge in [0.25, 0.3) is 0 Å². The van der Waals surface area contributed by atoms with E-state index in [0.717, 1.165) is 21.8 Å². The number of anilines is 1. The number of aryl methyl sites for hydroxylation is 1. The van der Waals surface area contributed by atoms with Crippen LogP contribution in [0.25, 0.3) is 0 Å². The molecule has 2 aromatic carbocycles. The maximum atomic E-state index is 8.93. The Morgan fingerprint density at radius 3 is 2.63 bits per heavy atom. The first kappa shape index (κ1) is 13.7. The van der Waals surface area contributed by atoms with Crippen LogP contribution in [-0.2, 0) is 6.54 Å². The van der Waals surface area contributed by atoms with E-state index < -0.39 is 0 Å². The fourth-order valence-electron chi connectivity index (χ4n) is 1.78. The largest absolute Gasteiger partial charge is 0.381 e. The van der Waals surface area contributed by atoms with Gasteiger partial charge in [0.15, 0.2) is 0 Å². The standard InChI is InChI=1S/C15H12Cl2N2/c1-10-6-13(16)3-2-11(10)9-19-14-4-5-15(17)12(7-14)8-18/h2-7,19H,9H2,1H3. The predicted molar refractivity (Wildman–Crippen MR) is 79.7 cm³/mol. The van der Waals surface area contributed by atoms with E-state index in [4.69, 9.17) is 28.5 Å². The van der Waals surface area contributed by atoms with Crippen LogP contribution in [0.1, 0.15) is 16.7 Å². The molecule has 96 valence electrons. The molecular weight excluding hydrogens is 279 g/mol. The van der Waals surface area contributed by atoms with Gasteiger partial charge in [-0.05, 0) is 48.4 Å². The number of nitrogens with one attached hydrogen (secondary N) is 1. The Morgan fingerprint density at radius 1 is 1.16 bits per heavy atom. The highest BCUT2D eigenvalue weighted by atomic mass is 35.5. The van der Waals surface area contributed by atoms with Crippen molar-refractivity contribution in [2.75, 3.05) is 5.32 Å². The summed E-state index contributed by atoms with van der Waals surface area (Å²) in [6, 6.07) is 13.2. The van der Waals surface area contributed by atoms with Gasteiger partial charge < -0.3 is 5.32 Å². The third-order valence-corrected chi connectivity index (χ3v) is 3.44. The van der Waals surface area contributed by atoms with Gasteiger partial charge in [0.2, 0.25) is 0 Å². The first-order valence-corrected chi connectivity index (χ1v) is 6.54. The van der Waals surface area contributed by atoms with Crippen molar-refractivity contribution in [1.29, 1.82) is 5.26 Å². The van der Waals surface area contributed by atoms with Crippen molar-refractivity contribution in [3.05, 3.63) is 63.1 Å². The number of rotatable bonds is 3. The van der Waals surface area contributed by atoms with Crippen LogP contribution in [0.3, 0.4) is 0 Å². The average molecular weight is 291 g/mol. The molecule has 0 saturated carbocycles. The number of hydrogen-bond acceptors (Lipinski definition) is 2. The van der Waals surface area contributed by atoms with Gasteiger partial charge in [-0.2, -0.15) is 5.26 Å². The molecule has 0 saturated heterocycles. The molecular formula is C15H12Cl2N2. The number of nitrogens with zero attached hydrogens (tertiary/aromatic N) is 1. The zero-order valence-electron chi connectivity index (χ0n) is 10.4. The molecule has 0 aliphatic carbocycles. The van der Waals surface area contributed by atoms with Gasteiger partial charge in [-0.1, -0.05) is 29.3 Å². The molecule has 0 bridgehead atoms. The number of hydrogen-bond donors (Lipinski definition) is 1. The Balaban J connectivity index is 2.13. The Bertz CT molecular complexity index is 645. The second kappa shape index (κ2) is 5.97. The van der Waals surface area contributed by atoms with Crippen LogP contribution >= 0.6 is 23.2 Å². The van der Waals surface area contributed by atoms with Gasteiger partial charge in [0.1, 0.15) is 6.07 Å². The van der Waals surface area contributed by atoms with Crippen molar-refractivity contribution >= 4 is 28.9 Å². The van der Waals surface area contributed by atoms with Crippen LogP contribution in [0.5, 0.6) is 0 Å². The van der Waals surface area contributed by atoms with Gasteiger partial charge >= 0.3 is 0 Å². The monoisotopic (exact) mass is 290 g/mol. The van der Waals surface area contributed by atoms with Crippen molar-refractivity contribution in [3.8, 4) is 6.07 Å². The van der Waals surface area contributed by atoms with Gasteiger partial charge in [-0.3, -0.25) is 0 Å². The molecule has 0 radical (unpaired) electrons. The number of halogens is 2. The lowest BCUT2D eigenvalue weighted by atomic mass is 10.1. The summed E-state index contributed by atoms with van der Waals surface area (Å²) >= 11 is 11.8. The Hall–Kier alpha value is -1.69. The van der Waals surface area contributed by atoms with Crippen LogP contribution in [0.15, 0.2) is 36.4 Å². The van der Waals surface area contributed by atoms with E-state index in [1.165, 1.54) is 0 Å². The van der Waals surface area contributed by atoms with Gasteiger partial charge in [-0.25, -0.2) is 0 Å². The highest BCUT2D eigenvalue weighted by Crippen LogP contribution is 2.21. The topological polar surface area (TPSA) is 35.8 Å². The molecule has 2 nitrogen and oxygen atoms in total. The quantitative estimate of drug-likeness (QED) is 0.882. The van der Waals surface area contributed by atoms with Gasteiger partial charge in [0, 0.05) is 17.3 Å². The SMILES string of the molecule is Cc1cc(Cl)ccc1CNc1ccc(Cl)c(C#N)c1. The van der Waals surface area contributed by atoms with Crippen LogP contribution in [0.4, 0.5) is 5.69 Å². The lowest BCUT2D eigenvalue weighted by Gasteiger charge is -2.10. The van der Waals surface area contributed by atoms with E-state index in [1.54, 1.807) is 12.1 Å². The molecule has 0 unspecified atom stereocenters. The summed E-state index contributed by atoms with van der Waals surface area (Å²) in [4.78, 5) is 0. The van der Waals surface area contributed by atoms with Crippen LogP contribution < -0.4 is 5.32 Å². The molecule has 0 amide bonds. The summed E-state index contributed by atoms with van der Waals surface area (Å²) in [6.07, 6.45) is 0. The molecule has 1 N–H and O–H groups in total. The molecule has 0 aliphatic heterocycles. The van der Waals surface area contributed by atoms with E-state index in [1.807, 2.05) is 31.2 Å². The zero-order valence-corrected chi connectivity index (χ0v) is 11.9. The molecule has 0 spiro atoms. The fraction of sp³-hybridized carbons (Fsp3) is 0.133. The number of nitriles is 1. The first-order chi connectivity index (χ1) is 9.10. The summed E-state index contributed by atoms with van der Waals surface area (Å²) in [5.74, 6) is 0. The summed E-state index contributed by atoms with van der Waals surface area (Å²) in [5.41, 5.74) is 3.64. The van der Waals surface area contributed by atoms with Gasteiger partial charge in [-0.15, -0.1) is 0 Å². The van der Waals surface area contributed by atoms with E-state index in [-0.39, 0.29) is 0 Å². The molecule has 0 aromatic heterocycles. The summed E-state index contributed by atoms with van der Waals surface area (Å²) in [7, 11) is 0. The maximum Gasteiger partial charge on any atom is 0.101 e. The zero-order chi connectivity index (χ0) is 13.8. The minimum absolute atomic E-state index is 0.468. The van der Waals surface area contributed by atoms with Crippen molar-refractivity contribution in [2.45, 2.75) is 13.5 Å². The third-order valence-electron chi connectivity index (χ3n) is 2.87. The molecule has 2 rings (SSSR count). The Morgan fingerprint density at radius 2 is 1.95 bits per heavy atom. The van der Waals surface area contributed by atoms with Crippen molar-refractivity contribution in [1.82, 2.24) is 0 Å². The van der Waals surface area contributed by atoms with Crippen molar-refractivity contribution in [2.24, 2.45) is 0 Å². The smallest absolute Gasteiger partial charge is 0.101 e. The van der Waals surface area contributed by atoms with E-state index >= 15 is 0 Å². The van der Waals surface area contributed by atoms with Crippen LogP contribution in [-0.4, -0.2) is 0 Å². The second-order valence-corrected chi connectivity index (χ2v) is 5.07. The van der Waals surface area contributed by atoms with E-state index in [9.17, 15) is 0 Å². The normalized spacial score (nSPS) is 10.0. The lowest BCUT2D eigenvalue weighted by Crippen LogP contribution is -2.01. The second-order valence-electron chi connectivity index (χ2n) is 4.23. The van der Waals surface area contributed by atoms with Crippen molar-refractivity contribution in [3.63, 3.8) is 0 Å². The van der Waals surface area contributed by atoms with Gasteiger partial charge in [0.05, 0.1) is 10.6 Å². The highest BCUT2D eigenvalue weighted by Gasteiger charge is 2.03. The predicted octanol–water partition coefficient (Wildman–Crippen LogP) is 4.79. The minimum atomic E-state index is 0.468. The summed E-state index contributed by atoms with van der Waals surface area (Å²) in [6.45, 7) is 2.70. The van der Waals surface area contributed by atoms with Crippen LogP contribution in [0, 0.1) is 18.3 Å². The Labute approximate surface area is 122 Å². The highest BCUT2D eigenvalue weighted by molar-refractivity contribution is 6.31. The average Bonchev–Trinajstić information content (AvgIpc) is 2.39. The van der Waals surface area contributed by atoms with Crippen LogP contribution in [0.2, 0.25) is 10.0 Å². The molecule has 0 fully saturated rings. The first-order valence-electron chi connectivity index (χ1n) is 5.78. The Kier molecular flexibility index (Phi) is 4.31. The molecule has 0 heterocycles. The molecule has 4 heteroatoms. The molecule has 0 atom stereocenters. The molecule has 2 aromatic rings. The molecule has 0 aliphatic rings. The number of benzene rings is 2. The maximum absolute atomic E-state index is 8.93. The summed E-state index contributed by atoms with van der Waals surface area (Å²) < 4.78 is 0. The van der Waals surface area contributed by atoms with E-state index in [2.05, 4.69) is 11.4 Å². The fourth-order valence-corrected chi connectivity index (χ4v) is 2.16. The van der Waals surface area contributed by atoms with E-state index in [0.29, 0.717) is 17.1 Å². The van der Waals surface area contributed by atoms with Crippen molar-refractivity contribution < 1.29 is 0 Å². The lowest BCUT2D eigenvalue weighted by molar-refractivity contribution is 1.12.